The third kappa shape index (κ3) is 6.32. The molecule has 1 N–H and O–H groups in total. The molecular formula is C40H38IN3O5. The summed E-state index contributed by atoms with van der Waals surface area (Å²) < 4.78 is 12.6. The van der Waals surface area contributed by atoms with Gasteiger partial charge in [-0.3, -0.25) is 14.9 Å². The lowest BCUT2D eigenvalue weighted by atomic mass is 9.76. The smallest absolute Gasteiger partial charge is 0.335 e. The average Bonchev–Trinajstić information content (AvgIpc) is 3.11. The molecule has 3 aliphatic rings. The van der Waals surface area contributed by atoms with Gasteiger partial charge in [0, 0.05) is 30.6 Å². The van der Waals surface area contributed by atoms with E-state index in [2.05, 4.69) is 81.3 Å². The summed E-state index contributed by atoms with van der Waals surface area (Å²) in [5.74, 6) is -0.0683. The van der Waals surface area contributed by atoms with E-state index in [-0.39, 0.29) is 17.4 Å². The van der Waals surface area contributed by atoms with Crippen molar-refractivity contribution in [1.29, 1.82) is 0 Å². The predicted octanol–water partition coefficient (Wildman–Crippen LogP) is 8.02. The van der Waals surface area contributed by atoms with Crippen LogP contribution in [0, 0.1) is 3.57 Å². The Morgan fingerprint density at radius 1 is 0.837 bits per heavy atom. The van der Waals surface area contributed by atoms with E-state index in [9.17, 15) is 14.4 Å². The molecule has 0 saturated carbocycles. The molecule has 4 aromatic rings. The third-order valence-corrected chi connectivity index (χ3v) is 10.3. The van der Waals surface area contributed by atoms with E-state index in [4.69, 9.17) is 9.47 Å². The van der Waals surface area contributed by atoms with Crippen LogP contribution in [0.4, 0.5) is 16.2 Å². The first-order chi connectivity index (χ1) is 23.9. The molecule has 7 rings (SSSR count). The molecular weight excluding hydrogens is 729 g/mol. The van der Waals surface area contributed by atoms with E-state index < -0.39 is 17.8 Å². The van der Waals surface area contributed by atoms with Crippen LogP contribution < -0.4 is 24.6 Å². The number of halogens is 1. The number of carbonyl (C=O) groups is 3. The fourth-order valence-electron chi connectivity index (χ4n) is 7.31. The number of hydrogen-bond donors (Lipinski definition) is 1. The summed E-state index contributed by atoms with van der Waals surface area (Å²) in [5, 5.41) is 2.44. The SMILES string of the molecule is CCCOc1c(I)cc(/C=C2\C(=O)NC(=O)N(c3cc4c5c(c3)[C@H](c3ccccc3)CCN5CC[C@@H]4c3ccccc3)C2=O)cc1OCC. The highest BCUT2D eigenvalue weighted by atomic mass is 127. The van der Waals surface area contributed by atoms with Gasteiger partial charge in [-0.2, -0.15) is 0 Å². The molecule has 3 aliphatic heterocycles. The maximum absolute atomic E-state index is 14.3. The highest BCUT2D eigenvalue weighted by molar-refractivity contribution is 14.1. The lowest BCUT2D eigenvalue weighted by Crippen LogP contribution is -2.54. The predicted molar refractivity (Wildman–Crippen MR) is 200 cm³/mol. The number of nitrogens with zero attached hydrogens (tertiary/aromatic N) is 2. The second-order valence-electron chi connectivity index (χ2n) is 12.5. The second kappa shape index (κ2) is 14.1. The minimum atomic E-state index is -0.761. The van der Waals surface area contributed by atoms with Gasteiger partial charge in [0.05, 0.1) is 22.5 Å². The molecule has 0 aromatic heterocycles. The van der Waals surface area contributed by atoms with Crippen LogP contribution in [0.3, 0.4) is 0 Å². The van der Waals surface area contributed by atoms with E-state index in [1.165, 1.54) is 22.9 Å². The first kappa shape index (κ1) is 32.9. The van der Waals surface area contributed by atoms with E-state index in [0.717, 1.165) is 51.9 Å². The second-order valence-corrected chi connectivity index (χ2v) is 13.7. The Morgan fingerprint density at radius 2 is 1.45 bits per heavy atom. The Kier molecular flexibility index (Phi) is 9.44. The zero-order valence-corrected chi connectivity index (χ0v) is 29.7. The van der Waals surface area contributed by atoms with Crippen molar-refractivity contribution in [3.63, 3.8) is 0 Å². The molecule has 250 valence electrons. The van der Waals surface area contributed by atoms with Crippen molar-refractivity contribution in [2.45, 2.75) is 44.9 Å². The number of imide groups is 2. The Labute approximate surface area is 300 Å². The van der Waals surface area contributed by atoms with Gasteiger partial charge < -0.3 is 14.4 Å². The normalized spacial score (nSPS) is 19.5. The molecule has 4 aromatic carbocycles. The van der Waals surface area contributed by atoms with E-state index >= 15 is 0 Å². The van der Waals surface area contributed by atoms with Gasteiger partial charge in [-0.25, -0.2) is 9.69 Å². The van der Waals surface area contributed by atoms with Gasteiger partial charge in [-0.1, -0.05) is 67.6 Å². The Balaban J connectivity index is 1.34. The van der Waals surface area contributed by atoms with Crippen LogP contribution in [0.2, 0.25) is 0 Å². The number of rotatable bonds is 9. The maximum Gasteiger partial charge on any atom is 0.335 e. The molecule has 1 fully saturated rings. The molecule has 0 spiro atoms. The van der Waals surface area contributed by atoms with E-state index in [0.29, 0.717) is 36.0 Å². The number of carbonyl (C=O) groups excluding carboxylic acids is 3. The first-order valence-corrected chi connectivity index (χ1v) is 18.0. The summed E-state index contributed by atoms with van der Waals surface area (Å²) in [6.07, 6.45) is 4.19. The summed E-state index contributed by atoms with van der Waals surface area (Å²) in [7, 11) is 0. The number of nitrogens with one attached hydrogen (secondary N) is 1. The Hall–Kier alpha value is -4.64. The molecule has 3 heterocycles. The summed E-state index contributed by atoms with van der Waals surface area (Å²) in [5.41, 5.74) is 6.66. The van der Waals surface area contributed by atoms with Crippen molar-refractivity contribution >= 4 is 57.9 Å². The molecule has 8 nitrogen and oxygen atoms in total. The van der Waals surface area contributed by atoms with Crippen LogP contribution in [0.1, 0.15) is 72.8 Å². The van der Waals surface area contributed by atoms with Crippen LogP contribution in [0.15, 0.2) is 90.5 Å². The van der Waals surface area contributed by atoms with Gasteiger partial charge in [-0.15, -0.1) is 0 Å². The van der Waals surface area contributed by atoms with Gasteiger partial charge in [-0.05, 0) is 107 Å². The van der Waals surface area contributed by atoms with Crippen LogP contribution in [0.25, 0.3) is 6.08 Å². The molecule has 9 heteroatoms. The molecule has 49 heavy (non-hydrogen) atoms. The number of benzene rings is 4. The minimum Gasteiger partial charge on any atom is -0.490 e. The topological polar surface area (TPSA) is 88.2 Å². The number of amides is 4. The zero-order chi connectivity index (χ0) is 34.1. The Morgan fingerprint density at radius 3 is 2.02 bits per heavy atom. The van der Waals surface area contributed by atoms with Crippen molar-refractivity contribution in [3.8, 4) is 11.5 Å². The maximum atomic E-state index is 14.3. The molecule has 0 unspecified atom stereocenters. The molecule has 2 atom stereocenters. The number of hydrogen-bond acceptors (Lipinski definition) is 6. The third-order valence-electron chi connectivity index (χ3n) is 9.45. The molecule has 0 radical (unpaired) electrons. The van der Waals surface area contributed by atoms with Gasteiger partial charge in [0.1, 0.15) is 5.57 Å². The highest BCUT2D eigenvalue weighted by Crippen LogP contribution is 2.50. The highest BCUT2D eigenvalue weighted by Gasteiger charge is 2.40. The van der Waals surface area contributed by atoms with Gasteiger partial charge >= 0.3 is 6.03 Å². The molecule has 4 amide bonds. The van der Waals surface area contributed by atoms with Crippen molar-refractivity contribution in [3.05, 3.63) is 122 Å². The van der Waals surface area contributed by atoms with Crippen molar-refractivity contribution < 1.29 is 23.9 Å². The summed E-state index contributed by atoms with van der Waals surface area (Å²) in [6.45, 7) is 6.73. The minimum absolute atomic E-state index is 0.0905. The number of barbiturate groups is 1. The monoisotopic (exact) mass is 767 g/mol. The average molecular weight is 768 g/mol. The summed E-state index contributed by atoms with van der Waals surface area (Å²) in [4.78, 5) is 44.8. The Bertz CT molecular complexity index is 1870. The summed E-state index contributed by atoms with van der Waals surface area (Å²) in [6, 6.07) is 27.6. The van der Waals surface area contributed by atoms with Crippen molar-refractivity contribution in [2.24, 2.45) is 0 Å². The largest absolute Gasteiger partial charge is 0.490 e. The van der Waals surface area contributed by atoms with E-state index in [1.54, 1.807) is 6.07 Å². The van der Waals surface area contributed by atoms with Crippen LogP contribution in [0.5, 0.6) is 11.5 Å². The molecule has 0 aliphatic carbocycles. The van der Waals surface area contributed by atoms with Crippen molar-refractivity contribution in [1.82, 2.24) is 5.32 Å². The number of ether oxygens (including phenoxy) is 2. The van der Waals surface area contributed by atoms with E-state index in [1.807, 2.05) is 44.2 Å². The fraction of sp³-hybridized carbons (Fsp3) is 0.275. The first-order valence-electron chi connectivity index (χ1n) is 16.9. The van der Waals surface area contributed by atoms with Crippen LogP contribution in [-0.4, -0.2) is 44.1 Å². The van der Waals surface area contributed by atoms with Gasteiger partial charge in [0.15, 0.2) is 11.5 Å². The van der Waals surface area contributed by atoms with Gasteiger partial charge in [0.25, 0.3) is 11.8 Å². The lowest BCUT2D eigenvalue weighted by Gasteiger charge is -2.44. The van der Waals surface area contributed by atoms with Crippen LogP contribution in [-0.2, 0) is 9.59 Å². The zero-order valence-electron chi connectivity index (χ0n) is 27.6. The standard InChI is InChI=1S/C40H38IN3O5/c1-3-19-49-37-34(41)21-25(22-35(37)48-4-2)20-33-38(45)42-40(47)44(39(33)46)28-23-31-29(26-11-7-5-8-12-26)15-17-43-18-16-30(32(24-28)36(31)43)27-13-9-6-10-14-27/h5-14,20-24,29-30H,3-4,15-19H2,1-2H3,(H,42,45,47)/b33-20+/t29-,30+. The summed E-state index contributed by atoms with van der Waals surface area (Å²) >= 11 is 2.17. The van der Waals surface area contributed by atoms with Gasteiger partial charge in [0.2, 0.25) is 0 Å². The quantitative estimate of drug-likeness (QED) is 0.106. The lowest BCUT2D eigenvalue weighted by molar-refractivity contribution is -0.122. The molecule has 1 saturated heterocycles. The molecule has 0 bridgehead atoms. The van der Waals surface area contributed by atoms with Crippen LogP contribution >= 0.6 is 22.6 Å². The number of anilines is 2. The van der Waals surface area contributed by atoms with Crippen molar-refractivity contribution in [2.75, 3.05) is 36.1 Å². The number of urea groups is 1. The fourth-order valence-corrected chi connectivity index (χ4v) is 8.09.